The molecule has 1 aliphatic rings. The molecular weight excluding hydrogens is 298 g/mol. The van der Waals surface area contributed by atoms with E-state index in [1.165, 1.54) is 19.3 Å². The molecule has 1 aliphatic heterocycles. The number of aliphatic hydroxyl groups excluding tert-OH is 1. The highest BCUT2D eigenvalue weighted by atomic mass is 16.3. The van der Waals surface area contributed by atoms with Crippen LogP contribution in [0.2, 0.25) is 0 Å². The fourth-order valence-electron chi connectivity index (χ4n) is 2.66. The number of aliphatic hydroxyl groups is 1. The second-order valence-corrected chi connectivity index (χ2v) is 5.79. The zero-order chi connectivity index (χ0) is 16.6. The average Bonchev–Trinajstić information content (AvgIpc) is 2.66. The van der Waals surface area contributed by atoms with Gasteiger partial charge in [-0.05, 0) is 43.0 Å². The minimum Gasteiger partial charge on any atom is -0.392 e. The summed E-state index contributed by atoms with van der Waals surface area (Å²) < 4.78 is 0. The molecule has 0 aliphatic carbocycles. The molecule has 0 aromatic heterocycles. The molecule has 0 spiro atoms. The third-order valence-electron chi connectivity index (χ3n) is 4.03. The molecule has 1 fully saturated rings. The summed E-state index contributed by atoms with van der Waals surface area (Å²) in [6.45, 7) is 1.93. The van der Waals surface area contributed by atoms with Crippen molar-refractivity contribution < 1.29 is 5.11 Å². The molecule has 1 saturated heterocycles. The van der Waals surface area contributed by atoms with E-state index < -0.39 is 0 Å². The Morgan fingerprint density at radius 3 is 2.33 bits per heavy atom. The van der Waals surface area contributed by atoms with E-state index in [0.717, 1.165) is 35.5 Å². The van der Waals surface area contributed by atoms with Crippen LogP contribution in [0, 0.1) is 11.8 Å². The maximum Gasteiger partial charge on any atom is 0.103 e. The summed E-state index contributed by atoms with van der Waals surface area (Å²) in [5.74, 6) is 6.29. The number of benzene rings is 2. The highest BCUT2D eigenvalue weighted by Gasteiger charge is 2.07. The lowest BCUT2D eigenvalue weighted by Crippen LogP contribution is -2.23. The number of rotatable bonds is 3. The van der Waals surface area contributed by atoms with E-state index in [9.17, 15) is 5.11 Å². The first-order valence-corrected chi connectivity index (χ1v) is 8.33. The van der Waals surface area contributed by atoms with Crippen LogP contribution in [-0.2, 0) is 6.61 Å². The Hall–Kier alpha value is -2.64. The zero-order valence-corrected chi connectivity index (χ0v) is 13.7. The van der Waals surface area contributed by atoms with Gasteiger partial charge in [0.2, 0.25) is 0 Å². The SMILES string of the molecule is OCc1ccccc1C#Cc1ccccc1/N=N/N1CCCCC1. The first-order valence-electron chi connectivity index (χ1n) is 8.33. The van der Waals surface area contributed by atoms with Crippen LogP contribution in [0.4, 0.5) is 5.69 Å². The lowest BCUT2D eigenvalue weighted by atomic mass is 10.1. The number of hydrogen-bond donors (Lipinski definition) is 1. The Morgan fingerprint density at radius 2 is 1.54 bits per heavy atom. The summed E-state index contributed by atoms with van der Waals surface area (Å²) >= 11 is 0. The Morgan fingerprint density at radius 1 is 0.875 bits per heavy atom. The van der Waals surface area contributed by atoms with Gasteiger partial charge in [0.25, 0.3) is 0 Å². The first-order chi connectivity index (χ1) is 11.9. The fourth-order valence-corrected chi connectivity index (χ4v) is 2.66. The number of nitrogens with zero attached hydrogens (tertiary/aromatic N) is 3. The number of piperidine rings is 1. The van der Waals surface area contributed by atoms with Crippen LogP contribution in [0.1, 0.15) is 36.0 Å². The van der Waals surface area contributed by atoms with Crippen molar-refractivity contribution in [2.75, 3.05) is 13.1 Å². The first kappa shape index (κ1) is 16.2. The molecule has 4 nitrogen and oxygen atoms in total. The third kappa shape index (κ3) is 4.21. The van der Waals surface area contributed by atoms with E-state index in [1.54, 1.807) is 0 Å². The highest BCUT2D eigenvalue weighted by molar-refractivity contribution is 5.57. The smallest absolute Gasteiger partial charge is 0.103 e. The van der Waals surface area contributed by atoms with Gasteiger partial charge in [0, 0.05) is 18.7 Å². The molecular formula is C20H21N3O. The molecule has 1 heterocycles. The summed E-state index contributed by atoms with van der Waals surface area (Å²) in [7, 11) is 0. The van der Waals surface area contributed by atoms with Gasteiger partial charge in [0.15, 0.2) is 0 Å². The Balaban J connectivity index is 1.82. The molecule has 0 radical (unpaired) electrons. The van der Waals surface area contributed by atoms with E-state index in [1.807, 2.05) is 53.5 Å². The second kappa shape index (κ2) is 8.28. The predicted octanol–water partition coefficient (Wildman–Crippen LogP) is 4.06. The van der Waals surface area contributed by atoms with Crippen LogP contribution >= 0.6 is 0 Å². The number of hydrogen-bond acceptors (Lipinski definition) is 3. The van der Waals surface area contributed by atoms with Crippen LogP contribution in [0.25, 0.3) is 0 Å². The molecule has 2 aromatic rings. The fraction of sp³-hybridized carbons (Fsp3) is 0.300. The van der Waals surface area contributed by atoms with Crippen LogP contribution in [-0.4, -0.2) is 23.2 Å². The van der Waals surface area contributed by atoms with Gasteiger partial charge in [-0.1, -0.05) is 47.4 Å². The van der Waals surface area contributed by atoms with E-state index in [-0.39, 0.29) is 6.61 Å². The van der Waals surface area contributed by atoms with Gasteiger partial charge in [0.05, 0.1) is 12.2 Å². The highest BCUT2D eigenvalue weighted by Crippen LogP contribution is 2.20. The molecule has 24 heavy (non-hydrogen) atoms. The lowest BCUT2D eigenvalue weighted by molar-refractivity contribution is 0.224. The van der Waals surface area contributed by atoms with E-state index in [2.05, 4.69) is 22.2 Å². The minimum atomic E-state index is -0.0127. The van der Waals surface area contributed by atoms with Crippen LogP contribution in [0.15, 0.2) is 58.9 Å². The van der Waals surface area contributed by atoms with Crippen molar-refractivity contribution in [1.82, 2.24) is 5.01 Å². The van der Waals surface area contributed by atoms with E-state index in [4.69, 9.17) is 0 Å². The third-order valence-corrected chi connectivity index (χ3v) is 4.03. The monoisotopic (exact) mass is 319 g/mol. The quantitative estimate of drug-likeness (QED) is 0.685. The summed E-state index contributed by atoms with van der Waals surface area (Å²) in [6.07, 6.45) is 3.63. The summed E-state index contributed by atoms with van der Waals surface area (Å²) in [5, 5.41) is 20.2. The van der Waals surface area contributed by atoms with Crippen LogP contribution in [0.3, 0.4) is 0 Å². The van der Waals surface area contributed by atoms with Gasteiger partial charge in [-0.15, -0.1) is 5.11 Å². The molecule has 0 atom stereocenters. The second-order valence-electron chi connectivity index (χ2n) is 5.79. The maximum absolute atomic E-state index is 9.39. The largest absolute Gasteiger partial charge is 0.392 e. The topological polar surface area (TPSA) is 48.2 Å². The van der Waals surface area contributed by atoms with Crippen molar-refractivity contribution in [2.24, 2.45) is 10.3 Å². The molecule has 2 aromatic carbocycles. The summed E-state index contributed by atoms with van der Waals surface area (Å²) in [4.78, 5) is 0. The molecule has 0 amide bonds. The minimum absolute atomic E-state index is 0.0127. The molecule has 122 valence electrons. The van der Waals surface area contributed by atoms with Crippen molar-refractivity contribution in [3.63, 3.8) is 0 Å². The van der Waals surface area contributed by atoms with Crippen LogP contribution in [0.5, 0.6) is 0 Å². The molecule has 0 unspecified atom stereocenters. The van der Waals surface area contributed by atoms with Crippen molar-refractivity contribution in [3.05, 3.63) is 65.2 Å². The van der Waals surface area contributed by atoms with Crippen molar-refractivity contribution in [2.45, 2.75) is 25.9 Å². The maximum atomic E-state index is 9.39. The van der Waals surface area contributed by atoms with Gasteiger partial charge < -0.3 is 5.11 Å². The molecule has 3 rings (SSSR count). The Kier molecular flexibility index (Phi) is 5.60. The van der Waals surface area contributed by atoms with Crippen molar-refractivity contribution >= 4 is 5.69 Å². The molecule has 4 heteroatoms. The molecule has 0 bridgehead atoms. The zero-order valence-electron chi connectivity index (χ0n) is 13.7. The predicted molar refractivity (Wildman–Crippen MR) is 94.7 cm³/mol. The molecule has 1 N–H and O–H groups in total. The summed E-state index contributed by atoms with van der Waals surface area (Å²) in [5.41, 5.74) is 3.28. The Labute approximate surface area is 142 Å². The Bertz CT molecular complexity index is 768. The van der Waals surface area contributed by atoms with Gasteiger partial charge in [0.1, 0.15) is 5.69 Å². The van der Waals surface area contributed by atoms with E-state index >= 15 is 0 Å². The molecule has 0 saturated carbocycles. The van der Waals surface area contributed by atoms with Gasteiger partial charge >= 0.3 is 0 Å². The normalized spacial score (nSPS) is 14.5. The van der Waals surface area contributed by atoms with Crippen molar-refractivity contribution in [1.29, 1.82) is 0 Å². The standard InChI is InChI=1S/C20H21N3O/c24-16-19-10-3-2-8-17(19)12-13-18-9-4-5-11-20(18)21-22-23-14-6-1-7-15-23/h2-5,8-11,24H,1,6-7,14-16H2/b22-21+. The van der Waals surface area contributed by atoms with Gasteiger partial charge in [-0.3, -0.25) is 5.01 Å². The van der Waals surface area contributed by atoms with Gasteiger partial charge in [-0.25, -0.2) is 0 Å². The van der Waals surface area contributed by atoms with E-state index in [0.29, 0.717) is 0 Å². The summed E-state index contributed by atoms with van der Waals surface area (Å²) in [6, 6.07) is 15.4. The van der Waals surface area contributed by atoms with Gasteiger partial charge in [-0.2, -0.15) is 0 Å². The van der Waals surface area contributed by atoms with Crippen molar-refractivity contribution in [3.8, 4) is 11.8 Å². The lowest BCUT2D eigenvalue weighted by Gasteiger charge is -2.21. The van der Waals surface area contributed by atoms with Crippen LogP contribution < -0.4 is 0 Å². The average molecular weight is 319 g/mol.